The normalized spacial score (nSPS) is 29.3. The van der Waals surface area contributed by atoms with Crippen molar-refractivity contribution < 1.29 is 26.7 Å². The van der Waals surface area contributed by atoms with Crippen LogP contribution in [0.25, 0.3) is 0 Å². The molecule has 0 aromatic heterocycles. The van der Waals surface area contributed by atoms with Gasteiger partial charge in [0.1, 0.15) is 5.75 Å². The quantitative estimate of drug-likeness (QED) is 0.787. The Morgan fingerprint density at radius 3 is 2.17 bits per heavy atom. The van der Waals surface area contributed by atoms with Crippen molar-refractivity contribution in [1.29, 1.82) is 0 Å². The molecule has 2 atom stereocenters. The number of fused-ring (bicyclic) bond motifs is 2. The maximum absolute atomic E-state index is 12.6. The smallest absolute Gasteiger partial charge is 0.387 e. The van der Waals surface area contributed by atoms with E-state index in [2.05, 4.69) is 4.74 Å². The van der Waals surface area contributed by atoms with Crippen LogP contribution in [0, 0.1) is 5.92 Å². The summed E-state index contributed by atoms with van der Waals surface area (Å²) in [6, 6.07) is 5.58. The number of hydrogen-bond acceptors (Lipinski definition) is 4. The molecule has 2 unspecified atom stereocenters. The van der Waals surface area contributed by atoms with Gasteiger partial charge in [0.05, 0.1) is 10.5 Å². The molecule has 2 heterocycles. The molecule has 0 saturated carbocycles. The highest BCUT2D eigenvalue weighted by Gasteiger charge is 2.46. The lowest BCUT2D eigenvalue weighted by Gasteiger charge is -2.38. The van der Waals surface area contributed by atoms with Gasteiger partial charge in [0.15, 0.2) is 15.6 Å². The molecule has 1 aromatic carbocycles. The van der Waals surface area contributed by atoms with Crippen LogP contribution in [0.4, 0.5) is 8.78 Å². The summed E-state index contributed by atoms with van der Waals surface area (Å²) < 4.78 is 53.0. The Bertz CT molecular complexity index is 665. The molecule has 0 aliphatic carbocycles. The number of carbonyl (C=O) groups is 1. The van der Waals surface area contributed by atoms with Crippen molar-refractivity contribution in [3.8, 4) is 5.75 Å². The lowest BCUT2D eigenvalue weighted by molar-refractivity contribution is -0.0498. The largest absolute Gasteiger partial charge is 0.435 e. The van der Waals surface area contributed by atoms with E-state index in [0.29, 0.717) is 31.2 Å². The molecule has 2 aliphatic rings. The van der Waals surface area contributed by atoms with Gasteiger partial charge in [-0.25, -0.2) is 8.42 Å². The van der Waals surface area contributed by atoms with Gasteiger partial charge in [-0.15, -0.1) is 0 Å². The highest BCUT2D eigenvalue weighted by molar-refractivity contribution is 7.92. The number of halogens is 2. The Balaban J connectivity index is 1.74. The van der Waals surface area contributed by atoms with E-state index in [9.17, 15) is 22.0 Å². The van der Waals surface area contributed by atoms with Crippen LogP contribution in [0.3, 0.4) is 0 Å². The number of Topliss-reactive ketones (excluding diaryl/α,β-unsaturated/α-hetero) is 1. The van der Waals surface area contributed by atoms with E-state index in [0.717, 1.165) is 6.42 Å². The molecule has 2 bridgehead atoms. The van der Waals surface area contributed by atoms with E-state index < -0.39 is 26.9 Å². The van der Waals surface area contributed by atoms with Gasteiger partial charge in [-0.2, -0.15) is 8.78 Å². The lowest BCUT2D eigenvalue weighted by Crippen LogP contribution is -2.45. The second-order valence-electron chi connectivity index (χ2n) is 6.20. The van der Waals surface area contributed by atoms with Gasteiger partial charge < -0.3 is 4.74 Å². The Morgan fingerprint density at radius 1 is 1.09 bits per heavy atom. The van der Waals surface area contributed by atoms with Gasteiger partial charge in [0.2, 0.25) is 0 Å². The molecular formula is C16H18F2O4S. The average molecular weight is 344 g/mol. The van der Waals surface area contributed by atoms with Crippen molar-refractivity contribution in [3.05, 3.63) is 29.8 Å². The minimum Gasteiger partial charge on any atom is -0.435 e. The molecule has 7 heteroatoms. The van der Waals surface area contributed by atoms with Crippen LogP contribution < -0.4 is 4.74 Å². The fourth-order valence-electron chi connectivity index (χ4n) is 3.66. The minimum atomic E-state index is -3.09. The first-order valence-corrected chi connectivity index (χ1v) is 9.30. The molecule has 0 radical (unpaired) electrons. The summed E-state index contributed by atoms with van der Waals surface area (Å²) >= 11 is 0. The van der Waals surface area contributed by atoms with Crippen molar-refractivity contribution in [2.45, 2.75) is 49.2 Å². The molecule has 0 amide bonds. The third-order valence-electron chi connectivity index (χ3n) is 4.81. The number of hydrogen-bond donors (Lipinski definition) is 0. The van der Waals surface area contributed by atoms with Crippen molar-refractivity contribution in [2.24, 2.45) is 5.92 Å². The fraction of sp³-hybridized carbons (Fsp3) is 0.562. The molecule has 2 aliphatic heterocycles. The number of ketones is 1. The zero-order valence-corrected chi connectivity index (χ0v) is 13.3. The maximum Gasteiger partial charge on any atom is 0.387 e. The number of carbonyl (C=O) groups excluding carboxylic acids is 1. The predicted molar refractivity (Wildman–Crippen MR) is 80.5 cm³/mol. The van der Waals surface area contributed by atoms with Gasteiger partial charge in [-0.1, -0.05) is 6.42 Å². The Labute approximate surface area is 133 Å². The van der Waals surface area contributed by atoms with E-state index in [-0.39, 0.29) is 17.5 Å². The summed E-state index contributed by atoms with van der Waals surface area (Å²) in [6.07, 6.45) is 2.89. The summed E-state index contributed by atoms with van der Waals surface area (Å²) in [4.78, 5) is 12.6. The summed E-state index contributed by atoms with van der Waals surface area (Å²) in [5.74, 6) is -0.421. The van der Waals surface area contributed by atoms with Gasteiger partial charge in [0.25, 0.3) is 0 Å². The van der Waals surface area contributed by atoms with Gasteiger partial charge >= 0.3 is 6.61 Å². The first kappa shape index (κ1) is 16.4. The van der Waals surface area contributed by atoms with Crippen LogP contribution in [0.15, 0.2) is 24.3 Å². The van der Waals surface area contributed by atoms with Crippen LogP contribution in [0.1, 0.15) is 42.5 Å². The van der Waals surface area contributed by atoms with E-state index in [1.54, 1.807) is 0 Å². The molecule has 2 fully saturated rings. The van der Waals surface area contributed by atoms with E-state index >= 15 is 0 Å². The number of rotatable bonds is 4. The summed E-state index contributed by atoms with van der Waals surface area (Å²) in [6.45, 7) is -2.90. The average Bonchev–Trinajstić information content (AvgIpc) is 2.45. The van der Waals surface area contributed by atoms with Crippen LogP contribution in [0.5, 0.6) is 5.75 Å². The van der Waals surface area contributed by atoms with Crippen molar-refractivity contribution in [1.82, 2.24) is 0 Å². The first-order chi connectivity index (χ1) is 10.9. The molecule has 1 aromatic rings. The zero-order chi connectivity index (χ0) is 16.6. The molecule has 126 valence electrons. The number of alkyl halides is 2. The van der Waals surface area contributed by atoms with Crippen molar-refractivity contribution >= 4 is 15.6 Å². The maximum atomic E-state index is 12.6. The summed E-state index contributed by atoms with van der Waals surface area (Å²) in [5.41, 5.74) is 0.411. The Morgan fingerprint density at radius 2 is 1.65 bits per heavy atom. The van der Waals surface area contributed by atoms with Crippen molar-refractivity contribution in [3.63, 3.8) is 0 Å². The Hall–Kier alpha value is -1.50. The van der Waals surface area contributed by atoms with Crippen LogP contribution >= 0.6 is 0 Å². The number of sulfone groups is 1. The highest BCUT2D eigenvalue weighted by Crippen LogP contribution is 2.40. The Kier molecular flexibility index (Phi) is 4.40. The van der Waals surface area contributed by atoms with Gasteiger partial charge in [0, 0.05) is 11.5 Å². The molecule has 3 rings (SSSR count). The third kappa shape index (κ3) is 3.24. The third-order valence-corrected chi connectivity index (χ3v) is 7.53. The second-order valence-corrected chi connectivity index (χ2v) is 8.71. The molecule has 23 heavy (non-hydrogen) atoms. The van der Waals surface area contributed by atoms with E-state index in [1.807, 2.05) is 0 Å². The zero-order valence-electron chi connectivity index (χ0n) is 12.5. The monoisotopic (exact) mass is 344 g/mol. The second kappa shape index (κ2) is 6.19. The number of benzene rings is 1. The molecule has 2 saturated heterocycles. The summed E-state index contributed by atoms with van der Waals surface area (Å²) in [7, 11) is -3.09. The predicted octanol–water partition coefficient (Wildman–Crippen LogP) is 3.22. The van der Waals surface area contributed by atoms with Crippen molar-refractivity contribution in [2.75, 3.05) is 0 Å². The van der Waals surface area contributed by atoms with E-state index in [4.69, 9.17) is 0 Å². The lowest BCUT2D eigenvalue weighted by atomic mass is 9.84. The first-order valence-electron chi connectivity index (χ1n) is 7.69. The molecule has 0 spiro atoms. The SMILES string of the molecule is O=C(c1ccc(OC(F)F)cc1)C1CC2CCCC(C1)S2(=O)=O. The standard InChI is InChI=1S/C16H18F2O4S/c17-16(18)22-12-6-4-10(5-7-12)15(19)11-8-13-2-1-3-14(9-11)23(13,20)21/h4-7,11,13-14,16H,1-3,8-9H2. The number of ether oxygens (including phenoxy) is 1. The van der Waals surface area contributed by atoms with Gasteiger partial charge in [-0.3, -0.25) is 4.79 Å². The fourth-order valence-corrected chi connectivity index (χ4v) is 6.19. The topological polar surface area (TPSA) is 60.4 Å². The molecular weight excluding hydrogens is 326 g/mol. The van der Waals surface area contributed by atoms with Crippen LogP contribution in [-0.4, -0.2) is 31.3 Å². The van der Waals surface area contributed by atoms with Crippen LogP contribution in [-0.2, 0) is 9.84 Å². The molecule has 0 N–H and O–H groups in total. The van der Waals surface area contributed by atoms with Gasteiger partial charge in [-0.05, 0) is 49.9 Å². The highest BCUT2D eigenvalue weighted by atomic mass is 32.2. The van der Waals surface area contributed by atoms with E-state index in [1.165, 1.54) is 24.3 Å². The van der Waals surface area contributed by atoms with Crippen LogP contribution in [0.2, 0.25) is 0 Å². The summed E-state index contributed by atoms with van der Waals surface area (Å²) in [5, 5.41) is -0.823. The molecule has 4 nitrogen and oxygen atoms in total. The minimum absolute atomic E-state index is 0.000332.